The maximum Gasteiger partial charge on any atom is 0.136 e. The standard InChI is InChI=1S/C14H11F2N3S/c1-9(19-5-4-17-8-19)13-7-18-14(20-13)11-3-2-10(15)6-12(11)16/h2-9H,1H3. The lowest BCUT2D eigenvalue weighted by Crippen LogP contribution is -2.01. The monoisotopic (exact) mass is 291 g/mol. The smallest absolute Gasteiger partial charge is 0.136 e. The molecule has 1 aromatic carbocycles. The Bertz CT molecular complexity index is 722. The van der Waals surface area contributed by atoms with E-state index in [2.05, 4.69) is 9.97 Å². The quantitative estimate of drug-likeness (QED) is 0.733. The van der Waals surface area contributed by atoms with Gasteiger partial charge in [0.1, 0.15) is 16.6 Å². The van der Waals surface area contributed by atoms with E-state index in [4.69, 9.17) is 0 Å². The van der Waals surface area contributed by atoms with Crippen LogP contribution in [-0.2, 0) is 0 Å². The number of benzene rings is 1. The van der Waals surface area contributed by atoms with Crippen molar-refractivity contribution in [3.05, 3.63) is 59.6 Å². The molecule has 20 heavy (non-hydrogen) atoms. The molecule has 0 spiro atoms. The first-order chi connectivity index (χ1) is 9.65. The van der Waals surface area contributed by atoms with E-state index in [1.54, 1.807) is 18.7 Å². The van der Waals surface area contributed by atoms with Gasteiger partial charge in [-0.05, 0) is 19.1 Å². The molecule has 0 aliphatic carbocycles. The van der Waals surface area contributed by atoms with Crippen molar-refractivity contribution in [2.24, 2.45) is 0 Å². The van der Waals surface area contributed by atoms with Gasteiger partial charge in [0.2, 0.25) is 0 Å². The molecule has 0 aliphatic rings. The normalized spacial score (nSPS) is 12.6. The van der Waals surface area contributed by atoms with E-state index in [0.717, 1.165) is 10.9 Å². The highest BCUT2D eigenvalue weighted by Gasteiger charge is 2.14. The van der Waals surface area contributed by atoms with E-state index >= 15 is 0 Å². The summed E-state index contributed by atoms with van der Waals surface area (Å²) in [7, 11) is 0. The molecule has 3 rings (SSSR count). The number of hydrogen-bond acceptors (Lipinski definition) is 3. The number of imidazole rings is 1. The Morgan fingerprint density at radius 2 is 2.15 bits per heavy atom. The van der Waals surface area contributed by atoms with E-state index in [-0.39, 0.29) is 6.04 Å². The van der Waals surface area contributed by atoms with E-state index in [1.165, 1.54) is 23.5 Å². The zero-order chi connectivity index (χ0) is 14.1. The number of nitrogens with zero attached hydrogens (tertiary/aromatic N) is 3. The van der Waals surface area contributed by atoms with Crippen LogP contribution in [0.5, 0.6) is 0 Å². The molecule has 0 saturated carbocycles. The molecular formula is C14H11F2N3S. The Morgan fingerprint density at radius 1 is 1.30 bits per heavy atom. The molecule has 2 aromatic heterocycles. The highest BCUT2D eigenvalue weighted by molar-refractivity contribution is 7.15. The lowest BCUT2D eigenvalue weighted by Gasteiger charge is -2.09. The van der Waals surface area contributed by atoms with E-state index in [1.807, 2.05) is 17.7 Å². The maximum atomic E-state index is 13.7. The molecule has 0 aliphatic heterocycles. The summed E-state index contributed by atoms with van der Waals surface area (Å²) in [5.41, 5.74) is 0.320. The second-order valence-corrected chi connectivity index (χ2v) is 5.44. The van der Waals surface area contributed by atoms with Crippen molar-refractivity contribution in [2.45, 2.75) is 13.0 Å². The van der Waals surface area contributed by atoms with Crippen LogP contribution in [0, 0.1) is 11.6 Å². The predicted molar refractivity (Wildman–Crippen MR) is 73.5 cm³/mol. The van der Waals surface area contributed by atoms with Crippen molar-refractivity contribution in [1.29, 1.82) is 0 Å². The zero-order valence-electron chi connectivity index (χ0n) is 10.6. The predicted octanol–water partition coefficient (Wildman–Crippen LogP) is 3.89. The fourth-order valence-corrected chi connectivity index (χ4v) is 2.91. The van der Waals surface area contributed by atoms with Crippen molar-refractivity contribution in [2.75, 3.05) is 0 Å². The van der Waals surface area contributed by atoms with Gasteiger partial charge in [0, 0.05) is 35.1 Å². The molecule has 0 saturated heterocycles. The highest BCUT2D eigenvalue weighted by atomic mass is 32.1. The van der Waals surface area contributed by atoms with Gasteiger partial charge in [0.25, 0.3) is 0 Å². The minimum absolute atomic E-state index is 0.0762. The van der Waals surface area contributed by atoms with E-state index < -0.39 is 11.6 Å². The van der Waals surface area contributed by atoms with Crippen LogP contribution in [0.3, 0.4) is 0 Å². The Kier molecular flexibility index (Phi) is 3.31. The van der Waals surface area contributed by atoms with Crippen LogP contribution < -0.4 is 0 Å². The van der Waals surface area contributed by atoms with Gasteiger partial charge in [-0.25, -0.2) is 18.7 Å². The lowest BCUT2D eigenvalue weighted by atomic mass is 10.2. The molecule has 6 heteroatoms. The van der Waals surface area contributed by atoms with Gasteiger partial charge in [-0.15, -0.1) is 11.3 Å². The van der Waals surface area contributed by atoms with Crippen LogP contribution in [0.25, 0.3) is 10.6 Å². The van der Waals surface area contributed by atoms with Crippen molar-refractivity contribution in [3.8, 4) is 10.6 Å². The zero-order valence-corrected chi connectivity index (χ0v) is 11.4. The van der Waals surface area contributed by atoms with Gasteiger partial charge in [0.05, 0.1) is 12.4 Å². The van der Waals surface area contributed by atoms with Crippen LogP contribution in [0.4, 0.5) is 8.78 Å². The van der Waals surface area contributed by atoms with Crippen molar-refractivity contribution in [1.82, 2.24) is 14.5 Å². The second kappa shape index (κ2) is 5.13. The molecule has 102 valence electrons. The van der Waals surface area contributed by atoms with Gasteiger partial charge >= 0.3 is 0 Å². The van der Waals surface area contributed by atoms with E-state index in [0.29, 0.717) is 10.6 Å². The fraction of sp³-hybridized carbons (Fsp3) is 0.143. The maximum absolute atomic E-state index is 13.7. The summed E-state index contributed by atoms with van der Waals surface area (Å²) in [5, 5.41) is 0.546. The van der Waals surface area contributed by atoms with Gasteiger partial charge in [-0.1, -0.05) is 0 Å². The summed E-state index contributed by atoms with van der Waals surface area (Å²) in [4.78, 5) is 9.22. The summed E-state index contributed by atoms with van der Waals surface area (Å²) in [5.74, 6) is -1.18. The summed E-state index contributed by atoms with van der Waals surface area (Å²) >= 11 is 1.39. The number of rotatable bonds is 3. The largest absolute Gasteiger partial charge is 0.329 e. The van der Waals surface area contributed by atoms with Crippen LogP contribution in [-0.4, -0.2) is 14.5 Å². The summed E-state index contributed by atoms with van der Waals surface area (Å²) < 4.78 is 28.6. The lowest BCUT2D eigenvalue weighted by molar-refractivity contribution is 0.585. The van der Waals surface area contributed by atoms with Gasteiger partial charge in [-0.3, -0.25) is 0 Å². The Hall–Kier alpha value is -2.08. The first-order valence-corrected chi connectivity index (χ1v) is 6.85. The average molecular weight is 291 g/mol. The molecule has 0 amide bonds. The van der Waals surface area contributed by atoms with Crippen LogP contribution in [0.15, 0.2) is 43.1 Å². The molecule has 3 nitrogen and oxygen atoms in total. The molecular weight excluding hydrogens is 280 g/mol. The van der Waals surface area contributed by atoms with Gasteiger partial charge in [0.15, 0.2) is 0 Å². The minimum Gasteiger partial charge on any atom is -0.329 e. The molecule has 0 N–H and O–H groups in total. The SMILES string of the molecule is CC(c1cnc(-c2ccc(F)cc2F)s1)n1ccnc1. The van der Waals surface area contributed by atoms with Gasteiger partial charge in [-0.2, -0.15) is 0 Å². The molecule has 1 atom stereocenters. The van der Waals surface area contributed by atoms with Crippen LogP contribution in [0.2, 0.25) is 0 Å². The first-order valence-electron chi connectivity index (χ1n) is 6.04. The number of aromatic nitrogens is 3. The number of hydrogen-bond donors (Lipinski definition) is 0. The second-order valence-electron chi connectivity index (χ2n) is 4.38. The van der Waals surface area contributed by atoms with Crippen molar-refractivity contribution >= 4 is 11.3 Å². The van der Waals surface area contributed by atoms with Crippen LogP contribution >= 0.6 is 11.3 Å². The third kappa shape index (κ3) is 2.34. The summed E-state index contributed by atoms with van der Waals surface area (Å²) in [6.45, 7) is 2.01. The average Bonchev–Trinajstić information content (AvgIpc) is 3.09. The topological polar surface area (TPSA) is 30.7 Å². The fourth-order valence-electron chi connectivity index (χ4n) is 1.91. The summed E-state index contributed by atoms with van der Waals surface area (Å²) in [6, 6.07) is 3.59. The summed E-state index contributed by atoms with van der Waals surface area (Å²) in [6.07, 6.45) is 7.01. The Labute approximate surface area is 118 Å². The number of halogens is 2. The molecule has 3 aromatic rings. The molecule has 1 unspecified atom stereocenters. The van der Waals surface area contributed by atoms with Crippen molar-refractivity contribution < 1.29 is 8.78 Å². The first kappa shape index (κ1) is 12.9. The van der Waals surface area contributed by atoms with E-state index in [9.17, 15) is 8.78 Å². The number of thiazole rings is 1. The minimum atomic E-state index is -0.596. The molecule has 0 bridgehead atoms. The van der Waals surface area contributed by atoms with Crippen molar-refractivity contribution in [3.63, 3.8) is 0 Å². The Balaban J connectivity index is 1.94. The Morgan fingerprint density at radius 3 is 2.85 bits per heavy atom. The third-order valence-corrected chi connectivity index (χ3v) is 4.27. The third-order valence-electron chi connectivity index (χ3n) is 3.07. The molecule has 2 heterocycles. The molecule has 0 radical (unpaired) electrons. The highest BCUT2D eigenvalue weighted by Crippen LogP contribution is 2.31. The van der Waals surface area contributed by atoms with Crippen LogP contribution in [0.1, 0.15) is 17.8 Å². The van der Waals surface area contributed by atoms with Gasteiger partial charge < -0.3 is 4.57 Å². The molecule has 0 fully saturated rings.